The van der Waals surface area contributed by atoms with Gasteiger partial charge in [0.2, 0.25) is 5.91 Å². The molecular weight excluding hydrogens is 348 g/mol. The zero-order valence-corrected chi connectivity index (χ0v) is 15.3. The van der Waals surface area contributed by atoms with Crippen LogP contribution in [0.5, 0.6) is 0 Å². The molecule has 134 valence electrons. The van der Waals surface area contributed by atoms with E-state index in [2.05, 4.69) is 17.1 Å². The quantitative estimate of drug-likeness (QED) is 0.772. The van der Waals surface area contributed by atoms with Gasteiger partial charge in [0.05, 0.1) is 5.69 Å². The number of likely N-dealkylation sites (tertiary alicyclic amines) is 1. The van der Waals surface area contributed by atoms with Gasteiger partial charge in [0, 0.05) is 36.1 Å². The second-order valence-corrected chi connectivity index (χ2v) is 7.57. The summed E-state index contributed by atoms with van der Waals surface area (Å²) >= 11 is 1.46. The van der Waals surface area contributed by atoms with E-state index < -0.39 is 0 Å². The van der Waals surface area contributed by atoms with Crippen LogP contribution in [0.2, 0.25) is 0 Å². The first kappa shape index (κ1) is 16.8. The third-order valence-electron chi connectivity index (χ3n) is 4.96. The summed E-state index contributed by atoms with van der Waals surface area (Å²) in [5, 5.41) is 1.85. The van der Waals surface area contributed by atoms with Gasteiger partial charge in [-0.25, -0.2) is 4.98 Å². The highest BCUT2D eigenvalue weighted by Crippen LogP contribution is 2.26. The molecule has 1 aliphatic heterocycles. The van der Waals surface area contributed by atoms with Gasteiger partial charge in [0.15, 0.2) is 4.96 Å². The lowest BCUT2D eigenvalue weighted by Crippen LogP contribution is -2.42. The number of fused-ring (bicyclic) bond motifs is 1. The van der Waals surface area contributed by atoms with Crippen LogP contribution >= 0.6 is 11.3 Å². The number of carbonyl (C=O) groups excluding carboxylic acids is 2. The topological polar surface area (TPSA) is 80.7 Å². The van der Waals surface area contributed by atoms with E-state index in [0.717, 1.165) is 16.2 Å². The van der Waals surface area contributed by atoms with Gasteiger partial charge in [-0.2, -0.15) is 0 Å². The molecule has 0 saturated carbocycles. The monoisotopic (exact) mass is 368 g/mol. The molecule has 0 aliphatic carbocycles. The van der Waals surface area contributed by atoms with Crippen LogP contribution in [-0.4, -0.2) is 39.2 Å². The summed E-state index contributed by atoms with van der Waals surface area (Å²) in [5.41, 5.74) is 9.08. The summed E-state index contributed by atoms with van der Waals surface area (Å²) < 4.78 is 1.86. The standard InChI is InChI=1S/C19H20N4O2S/c1-12-2-4-13(5-3-12)15-10-23-16(11-26-19(23)21-15)18(25)22-8-6-14(7-9-22)17(20)24/h2-5,10-11,14H,6-9H2,1H3,(H2,20,24). The average molecular weight is 368 g/mol. The van der Waals surface area contributed by atoms with Gasteiger partial charge in [0.25, 0.3) is 5.91 Å². The van der Waals surface area contributed by atoms with Crippen molar-refractivity contribution < 1.29 is 9.59 Å². The Hall–Kier alpha value is -2.67. The molecule has 6 nitrogen and oxygen atoms in total. The SMILES string of the molecule is Cc1ccc(-c2cn3c(C(=O)N4CCC(C(N)=O)CC4)csc3n2)cc1. The number of nitrogens with two attached hydrogens (primary N) is 1. The number of primary amides is 1. The largest absolute Gasteiger partial charge is 0.369 e. The van der Waals surface area contributed by atoms with Crippen molar-refractivity contribution in [3.63, 3.8) is 0 Å². The second kappa shape index (κ2) is 6.57. The van der Waals surface area contributed by atoms with Crippen molar-refractivity contribution in [3.05, 3.63) is 47.1 Å². The molecule has 1 saturated heterocycles. The highest BCUT2D eigenvalue weighted by Gasteiger charge is 2.28. The summed E-state index contributed by atoms with van der Waals surface area (Å²) in [7, 11) is 0. The maximum atomic E-state index is 12.9. The van der Waals surface area contributed by atoms with Crippen LogP contribution in [0.4, 0.5) is 0 Å². The maximum absolute atomic E-state index is 12.9. The molecular formula is C19H20N4O2S. The Morgan fingerprint density at radius 1 is 1.19 bits per heavy atom. The van der Waals surface area contributed by atoms with Crippen molar-refractivity contribution in [2.24, 2.45) is 11.7 Å². The Morgan fingerprint density at radius 2 is 1.88 bits per heavy atom. The Kier molecular flexibility index (Phi) is 4.24. The predicted octanol–water partition coefficient (Wildman–Crippen LogP) is 2.71. The third kappa shape index (κ3) is 2.99. The molecule has 2 N–H and O–H groups in total. The van der Waals surface area contributed by atoms with Crippen molar-refractivity contribution in [1.82, 2.24) is 14.3 Å². The minimum Gasteiger partial charge on any atom is -0.369 e. The van der Waals surface area contributed by atoms with Gasteiger partial charge in [-0.15, -0.1) is 11.3 Å². The van der Waals surface area contributed by atoms with Crippen LogP contribution in [0.1, 0.15) is 28.9 Å². The highest BCUT2D eigenvalue weighted by atomic mass is 32.1. The summed E-state index contributed by atoms with van der Waals surface area (Å²) in [6, 6.07) is 8.19. The Bertz CT molecular complexity index is 965. The molecule has 0 unspecified atom stereocenters. The molecule has 1 aromatic carbocycles. The molecule has 0 atom stereocenters. The number of aryl methyl sites for hydroxylation is 1. The molecule has 3 aromatic rings. The van der Waals surface area contributed by atoms with Gasteiger partial charge in [-0.1, -0.05) is 29.8 Å². The highest BCUT2D eigenvalue weighted by molar-refractivity contribution is 7.15. The van der Waals surface area contributed by atoms with E-state index in [1.807, 2.05) is 35.0 Å². The Morgan fingerprint density at radius 3 is 2.54 bits per heavy atom. The van der Waals surface area contributed by atoms with Crippen molar-refractivity contribution in [2.75, 3.05) is 13.1 Å². The fraction of sp³-hybridized carbons (Fsp3) is 0.316. The number of benzene rings is 1. The van der Waals surface area contributed by atoms with E-state index in [4.69, 9.17) is 5.73 Å². The fourth-order valence-electron chi connectivity index (χ4n) is 3.33. The normalized spacial score (nSPS) is 15.5. The summed E-state index contributed by atoms with van der Waals surface area (Å²) in [5.74, 6) is -0.415. The number of hydrogen-bond donors (Lipinski definition) is 1. The minimum atomic E-state index is -0.271. The van der Waals surface area contributed by atoms with E-state index >= 15 is 0 Å². The molecule has 26 heavy (non-hydrogen) atoms. The van der Waals surface area contributed by atoms with Gasteiger partial charge < -0.3 is 10.6 Å². The molecule has 0 spiro atoms. The average Bonchev–Trinajstić information content (AvgIpc) is 3.22. The summed E-state index contributed by atoms with van der Waals surface area (Å²) in [6.45, 7) is 3.17. The Balaban J connectivity index is 1.58. The number of aromatic nitrogens is 2. The number of amides is 2. The maximum Gasteiger partial charge on any atom is 0.271 e. The first-order chi connectivity index (χ1) is 12.5. The summed E-state index contributed by atoms with van der Waals surface area (Å²) in [6.07, 6.45) is 3.18. The van der Waals surface area contributed by atoms with Gasteiger partial charge in [-0.05, 0) is 19.8 Å². The van der Waals surface area contributed by atoms with Crippen molar-refractivity contribution in [2.45, 2.75) is 19.8 Å². The minimum absolute atomic E-state index is 0.0213. The van der Waals surface area contributed by atoms with E-state index in [-0.39, 0.29) is 17.7 Å². The first-order valence-electron chi connectivity index (χ1n) is 8.65. The molecule has 2 amide bonds. The lowest BCUT2D eigenvalue weighted by Gasteiger charge is -2.30. The number of imidazole rings is 1. The molecule has 7 heteroatoms. The zero-order chi connectivity index (χ0) is 18.3. The second-order valence-electron chi connectivity index (χ2n) is 6.73. The lowest BCUT2D eigenvalue weighted by molar-refractivity contribution is -0.123. The molecule has 1 fully saturated rings. The predicted molar refractivity (Wildman–Crippen MR) is 101 cm³/mol. The Labute approximate surface area is 155 Å². The van der Waals surface area contributed by atoms with Crippen molar-refractivity contribution in [1.29, 1.82) is 0 Å². The fourth-order valence-corrected chi connectivity index (χ4v) is 4.18. The van der Waals surface area contributed by atoms with Crippen LogP contribution in [0.3, 0.4) is 0 Å². The van der Waals surface area contributed by atoms with E-state index in [1.54, 1.807) is 4.90 Å². The molecule has 4 rings (SSSR count). The molecule has 1 aliphatic rings. The molecule has 3 heterocycles. The van der Waals surface area contributed by atoms with E-state index in [1.165, 1.54) is 16.9 Å². The van der Waals surface area contributed by atoms with Crippen LogP contribution < -0.4 is 5.73 Å². The van der Waals surface area contributed by atoms with Gasteiger partial charge in [0.1, 0.15) is 5.69 Å². The van der Waals surface area contributed by atoms with Gasteiger partial charge >= 0.3 is 0 Å². The van der Waals surface area contributed by atoms with Gasteiger partial charge in [-0.3, -0.25) is 14.0 Å². The number of piperidine rings is 1. The van der Waals surface area contributed by atoms with Crippen LogP contribution in [0.25, 0.3) is 16.2 Å². The molecule has 2 aromatic heterocycles. The first-order valence-corrected chi connectivity index (χ1v) is 9.53. The number of rotatable bonds is 3. The smallest absolute Gasteiger partial charge is 0.271 e. The number of carbonyl (C=O) groups is 2. The van der Waals surface area contributed by atoms with E-state index in [9.17, 15) is 9.59 Å². The number of nitrogens with zero attached hydrogens (tertiary/aromatic N) is 3. The molecule has 0 radical (unpaired) electrons. The number of thiazole rings is 1. The summed E-state index contributed by atoms with van der Waals surface area (Å²) in [4.78, 5) is 31.5. The number of hydrogen-bond acceptors (Lipinski definition) is 4. The zero-order valence-electron chi connectivity index (χ0n) is 14.5. The van der Waals surface area contributed by atoms with Crippen molar-refractivity contribution >= 4 is 28.1 Å². The lowest BCUT2D eigenvalue weighted by atomic mass is 9.96. The molecule has 0 bridgehead atoms. The van der Waals surface area contributed by atoms with Crippen molar-refractivity contribution in [3.8, 4) is 11.3 Å². The van der Waals surface area contributed by atoms with Crippen LogP contribution in [-0.2, 0) is 4.79 Å². The van der Waals surface area contributed by atoms with Crippen LogP contribution in [0, 0.1) is 12.8 Å². The third-order valence-corrected chi connectivity index (χ3v) is 5.80. The van der Waals surface area contributed by atoms with E-state index in [0.29, 0.717) is 31.6 Å². The van der Waals surface area contributed by atoms with Crippen LogP contribution in [0.15, 0.2) is 35.8 Å².